The number of rotatable bonds is 5. The van der Waals surface area contributed by atoms with E-state index >= 15 is 0 Å². The van der Waals surface area contributed by atoms with Crippen LogP contribution >= 0.6 is 0 Å². The molecule has 0 aromatic rings. The van der Waals surface area contributed by atoms with Crippen LogP contribution in [0.25, 0.3) is 0 Å². The second-order valence-electron chi connectivity index (χ2n) is 17.5. The summed E-state index contributed by atoms with van der Waals surface area (Å²) < 4.78 is 11.5. The molecule has 0 radical (unpaired) electrons. The Morgan fingerprint density at radius 2 is 1.53 bits per heavy atom. The fourth-order valence-corrected chi connectivity index (χ4v) is 13.2. The van der Waals surface area contributed by atoms with Gasteiger partial charge in [-0.25, -0.2) is 0 Å². The van der Waals surface area contributed by atoms with Crippen LogP contribution in [-0.2, 0) is 14.3 Å². The number of aliphatic hydroxyl groups excluding tert-OH is 8. The molecule has 6 rings (SSSR count). The minimum Gasteiger partial charge on any atom is -0.432 e. The third-order valence-electron chi connectivity index (χ3n) is 15.5. The number of allylic oxidation sites excluding steroid dienone is 1. The molecule has 47 heavy (non-hydrogen) atoms. The molecule has 0 aromatic carbocycles. The smallest absolute Gasteiger partial charge is 0.314 e. The lowest BCUT2D eigenvalue weighted by atomic mass is 9.31. The zero-order valence-corrected chi connectivity index (χ0v) is 28.6. The van der Waals surface area contributed by atoms with Gasteiger partial charge in [-0.05, 0) is 98.2 Å². The summed E-state index contributed by atoms with van der Waals surface area (Å²) in [6.07, 6.45) is -5.65. The third kappa shape index (κ3) is 4.67. The highest BCUT2D eigenvalue weighted by molar-refractivity contribution is 5.78. The van der Waals surface area contributed by atoms with Gasteiger partial charge in [0.05, 0.1) is 36.9 Å². The number of hydrogen-bond acceptors (Lipinski definition) is 11. The van der Waals surface area contributed by atoms with Crippen molar-refractivity contribution in [2.75, 3.05) is 13.2 Å². The molecular formula is C36H58O11. The molecule has 0 aromatic heterocycles. The Balaban J connectivity index is 1.36. The number of carbonyl (C=O) groups excluding carboxylic acids is 1. The van der Waals surface area contributed by atoms with E-state index in [1.165, 1.54) is 0 Å². The van der Waals surface area contributed by atoms with Crippen LogP contribution in [0.5, 0.6) is 0 Å². The largest absolute Gasteiger partial charge is 0.432 e. The lowest BCUT2D eigenvalue weighted by Crippen LogP contribution is -2.72. The summed E-state index contributed by atoms with van der Waals surface area (Å²) in [4.78, 5) is 14.4. The topological polar surface area (TPSA) is 197 Å². The molecule has 11 heteroatoms. The summed E-state index contributed by atoms with van der Waals surface area (Å²) in [6, 6.07) is 0. The predicted octanol–water partition coefficient (Wildman–Crippen LogP) is 1.26. The van der Waals surface area contributed by atoms with E-state index in [-0.39, 0.29) is 41.1 Å². The lowest BCUT2D eigenvalue weighted by molar-refractivity contribution is -0.304. The standard InChI is InChI=1S/C36H58O11/c1-17(2)18-9-10-36(31(45)47-30-27(43)26(42)25(41)22(15-37)46-30)12-11-34(5)19(24(18)36)7-8-23-32(3)13-21(40)29(44)33(4,16-38)28(32)20(39)14-35(23,34)6/h18-30,37-44H,1,7-16H2,2-6H3/t18-,19+,20+,21+,22+,23+,24+,25+,26-,27+,28+,29-,30-,32+,33-,34+,35+,36-/m0/s1. The SMILES string of the molecule is C=C(C)[C@@H]1CC[C@]2(C(=O)O[C@@H]3O[C@H](CO)[C@@H](O)[C@H](O)[C@H]3O)CC[C@]3(C)[C@H](CC[C@@H]4[C@@]5(C)C[C@@H](O)[C@H](O)[C@@](C)(CO)[C@@H]5[C@H](O)C[C@]43C)[C@@H]12. The lowest BCUT2D eigenvalue weighted by Gasteiger charge is -2.73. The molecule has 1 aliphatic heterocycles. The fourth-order valence-electron chi connectivity index (χ4n) is 13.2. The van der Waals surface area contributed by atoms with Gasteiger partial charge < -0.3 is 50.3 Å². The molecule has 0 bridgehead atoms. The van der Waals surface area contributed by atoms with E-state index < -0.39 is 83.8 Å². The van der Waals surface area contributed by atoms with Crippen molar-refractivity contribution in [1.82, 2.24) is 0 Å². The highest BCUT2D eigenvalue weighted by Crippen LogP contribution is 2.77. The van der Waals surface area contributed by atoms with E-state index in [0.717, 1.165) is 24.8 Å². The Kier molecular flexibility index (Phi) is 8.88. The molecule has 0 spiro atoms. The van der Waals surface area contributed by atoms with E-state index in [2.05, 4.69) is 27.4 Å². The van der Waals surface area contributed by atoms with E-state index in [0.29, 0.717) is 32.1 Å². The van der Waals surface area contributed by atoms with Crippen molar-refractivity contribution in [2.45, 2.75) is 135 Å². The van der Waals surface area contributed by atoms with Gasteiger partial charge in [-0.1, -0.05) is 39.8 Å². The molecule has 1 saturated heterocycles. The maximum absolute atomic E-state index is 14.4. The second-order valence-corrected chi connectivity index (χ2v) is 17.5. The number of aliphatic hydroxyl groups is 8. The van der Waals surface area contributed by atoms with Gasteiger partial charge in [-0.3, -0.25) is 4.79 Å². The van der Waals surface area contributed by atoms with E-state index in [4.69, 9.17) is 9.47 Å². The van der Waals surface area contributed by atoms with Gasteiger partial charge in [0.2, 0.25) is 6.29 Å². The van der Waals surface area contributed by atoms with Crippen molar-refractivity contribution in [3.05, 3.63) is 12.2 Å². The van der Waals surface area contributed by atoms with Crippen LogP contribution < -0.4 is 0 Å². The minimum absolute atomic E-state index is 0.0447. The van der Waals surface area contributed by atoms with Crippen LogP contribution in [0, 0.1) is 56.7 Å². The molecule has 8 N–H and O–H groups in total. The Hall–Kier alpha value is -1.15. The molecule has 0 amide bonds. The van der Waals surface area contributed by atoms with Crippen molar-refractivity contribution in [3.8, 4) is 0 Å². The van der Waals surface area contributed by atoms with Gasteiger partial charge in [-0.15, -0.1) is 0 Å². The van der Waals surface area contributed by atoms with Gasteiger partial charge in [0.25, 0.3) is 0 Å². The van der Waals surface area contributed by atoms with Crippen LogP contribution in [0.3, 0.4) is 0 Å². The number of esters is 1. The molecule has 6 fully saturated rings. The molecule has 11 nitrogen and oxygen atoms in total. The van der Waals surface area contributed by atoms with Gasteiger partial charge in [0.15, 0.2) is 0 Å². The van der Waals surface area contributed by atoms with E-state index in [9.17, 15) is 45.6 Å². The average molecular weight is 667 g/mol. The second kappa shape index (κ2) is 11.7. The summed E-state index contributed by atoms with van der Waals surface area (Å²) >= 11 is 0. The monoisotopic (exact) mass is 666 g/mol. The highest BCUT2D eigenvalue weighted by Gasteiger charge is 2.74. The van der Waals surface area contributed by atoms with Crippen molar-refractivity contribution >= 4 is 5.97 Å². The van der Waals surface area contributed by atoms with E-state index in [1.807, 2.05) is 6.92 Å². The summed E-state index contributed by atoms with van der Waals surface area (Å²) in [5, 5.41) is 85.8. The van der Waals surface area contributed by atoms with Crippen LogP contribution in [0.15, 0.2) is 12.2 Å². The van der Waals surface area contributed by atoms with Gasteiger partial charge >= 0.3 is 5.97 Å². The zero-order chi connectivity index (χ0) is 34.6. The maximum Gasteiger partial charge on any atom is 0.314 e. The number of ether oxygens (including phenoxy) is 2. The Bertz CT molecular complexity index is 1240. The van der Waals surface area contributed by atoms with Crippen LogP contribution in [0.1, 0.15) is 86.0 Å². The quantitative estimate of drug-likeness (QED) is 0.155. The predicted molar refractivity (Wildman–Crippen MR) is 169 cm³/mol. The van der Waals surface area contributed by atoms with Crippen molar-refractivity contribution < 1.29 is 55.1 Å². The van der Waals surface area contributed by atoms with Crippen molar-refractivity contribution in [2.24, 2.45) is 56.7 Å². The molecule has 0 unspecified atom stereocenters. The maximum atomic E-state index is 14.4. The average Bonchev–Trinajstić information content (AvgIpc) is 3.41. The first-order chi connectivity index (χ1) is 21.9. The molecule has 268 valence electrons. The van der Waals surface area contributed by atoms with Crippen molar-refractivity contribution in [1.29, 1.82) is 0 Å². The molecule has 6 aliphatic rings. The minimum atomic E-state index is -1.68. The normalized spacial score (nSPS) is 57.3. The summed E-state index contributed by atoms with van der Waals surface area (Å²) in [5.74, 6) is -0.830. The summed E-state index contributed by atoms with van der Waals surface area (Å²) in [6.45, 7) is 13.9. The van der Waals surface area contributed by atoms with Crippen LogP contribution in [-0.4, -0.2) is 109 Å². The fraction of sp³-hybridized carbons (Fsp3) is 0.917. The Morgan fingerprint density at radius 3 is 2.15 bits per heavy atom. The molecule has 5 aliphatic carbocycles. The zero-order valence-electron chi connectivity index (χ0n) is 28.6. The van der Waals surface area contributed by atoms with Gasteiger partial charge in [0, 0.05) is 11.3 Å². The molecule has 1 heterocycles. The van der Waals surface area contributed by atoms with Gasteiger partial charge in [0.1, 0.15) is 24.4 Å². The third-order valence-corrected chi connectivity index (χ3v) is 15.5. The molecule has 18 atom stereocenters. The number of fused-ring (bicyclic) bond motifs is 7. The van der Waals surface area contributed by atoms with Crippen LogP contribution in [0.2, 0.25) is 0 Å². The first kappa shape index (κ1) is 35.7. The van der Waals surface area contributed by atoms with Gasteiger partial charge in [-0.2, -0.15) is 0 Å². The first-order valence-corrected chi connectivity index (χ1v) is 17.7. The van der Waals surface area contributed by atoms with E-state index in [1.54, 1.807) is 6.92 Å². The molecule has 5 saturated carbocycles. The summed E-state index contributed by atoms with van der Waals surface area (Å²) in [7, 11) is 0. The number of carbonyl (C=O) groups is 1. The highest BCUT2D eigenvalue weighted by atomic mass is 16.7. The van der Waals surface area contributed by atoms with Crippen LogP contribution in [0.4, 0.5) is 0 Å². The first-order valence-electron chi connectivity index (χ1n) is 17.7. The Labute approximate surface area is 278 Å². The Morgan fingerprint density at radius 1 is 0.851 bits per heavy atom. The summed E-state index contributed by atoms with van der Waals surface area (Å²) in [5.41, 5.74) is -2.19. The molecular weight excluding hydrogens is 608 g/mol. The van der Waals surface area contributed by atoms with Crippen molar-refractivity contribution in [3.63, 3.8) is 0 Å². The number of hydrogen-bond donors (Lipinski definition) is 8.